The minimum absolute atomic E-state index is 0.105. The summed E-state index contributed by atoms with van der Waals surface area (Å²) in [7, 11) is 0. The van der Waals surface area contributed by atoms with E-state index >= 15 is 0 Å². The summed E-state index contributed by atoms with van der Waals surface area (Å²) >= 11 is 0. The maximum atomic E-state index is 12.9. The van der Waals surface area contributed by atoms with Crippen LogP contribution in [0.15, 0.2) is 54.6 Å². The number of amides is 1. The monoisotopic (exact) mass is 380 g/mol. The molecule has 1 aliphatic rings. The molecule has 0 aliphatic carbocycles. The Balaban J connectivity index is 1.56. The molecule has 0 aromatic heterocycles. The number of nitrogens with one attached hydrogen (secondary N) is 1. The maximum Gasteiger partial charge on any atom is 0.228 e. The van der Waals surface area contributed by atoms with Crippen molar-refractivity contribution in [2.24, 2.45) is 5.92 Å². The third kappa shape index (κ3) is 5.66. The smallest absolute Gasteiger partial charge is 0.228 e. The molecule has 2 aromatic rings. The average molecular weight is 381 g/mol. The lowest BCUT2D eigenvalue weighted by Gasteiger charge is -2.26. The van der Waals surface area contributed by atoms with Crippen molar-refractivity contribution in [2.75, 3.05) is 26.3 Å². The van der Waals surface area contributed by atoms with Gasteiger partial charge < -0.3 is 10.1 Å². The SMILES string of the molecule is CCC(C)C(C(=O)NCc1ccc(CN2CCOCC2)cc1)c1ccccc1. The molecule has 1 amide bonds. The summed E-state index contributed by atoms with van der Waals surface area (Å²) in [6.07, 6.45) is 0.975. The van der Waals surface area contributed by atoms with Crippen molar-refractivity contribution in [2.45, 2.75) is 39.3 Å². The highest BCUT2D eigenvalue weighted by molar-refractivity contribution is 5.83. The molecule has 0 bridgehead atoms. The fraction of sp³-hybridized carbons (Fsp3) is 0.458. The van der Waals surface area contributed by atoms with Crippen LogP contribution in [-0.4, -0.2) is 37.1 Å². The van der Waals surface area contributed by atoms with Crippen LogP contribution in [0.4, 0.5) is 0 Å². The Hall–Kier alpha value is -2.17. The van der Waals surface area contributed by atoms with Crippen LogP contribution < -0.4 is 5.32 Å². The molecule has 1 fully saturated rings. The second-order valence-corrected chi connectivity index (χ2v) is 7.70. The van der Waals surface area contributed by atoms with Crippen LogP contribution in [0, 0.1) is 5.92 Å². The molecule has 2 unspecified atom stereocenters. The topological polar surface area (TPSA) is 41.6 Å². The van der Waals surface area contributed by atoms with Gasteiger partial charge in [0.15, 0.2) is 0 Å². The first-order valence-corrected chi connectivity index (χ1v) is 10.4. The number of rotatable bonds is 8. The van der Waals surface area contributed by atoms with Gasteiger partial charge in [0, 0.05) is 26.2 Å². The van der Waals surface area contributed by atoms with Gasteiger partial charge in [0.05, 0.1) is 19.1 Å². The van der Waals surface area contributed by atoms with Crippen LogP contribution in [0.5, 0.6) is 0 Å². The molecule has 0 saturated carbocycles. The number of nitrogens with zero attached hydrogens (tertiary/aromatic N) is 1. The van der Waals surface area contributed by atoms with E-state index in [0.717, 1.165) is 50.4 Å². The molecule has 150 valence electrons. The van der Waals surface area contributed by atoms with Gasteiger partial charge in [-0.15, -0.1) is 0 Å². The van der Waals surface area contributed by atoms with Crippen molar-refractivity contribution in [1.29, 1.82) is 0 Å². The number of morpholine rings is 1. The molecule has 1 N–H and O–H groups in total. The van der Waals surface area contributed by atoms with E-state index in [2.05, 4.69) is 60.5 Å². The van der Waals surface area contributed by atoms with E-state index in [1.165, 1.54) is 5.56 Å². The van der Waals surface area contributed by atoms with Gasteiger partial charge in [-0.05, 0) is 22.6 Å². The van der Waals surface area contributed by atoms with Crippen molar-refractivity contribution in [3.8, 4) is 0 Å². The summed E-state index contributed by atoms with van der Waals surface area (Å²) in [5, 5.41) is 3.15. The zero-order chi connectivity index (χ0) is 19.8. The van der Waals surface area contributed by atoms with Gasteiger partial charge in [-0.3, -0.25) is 9.69 Å². The van der Waals surface area contributed by atoms with Crippen molar-refractivity contribution in [3.05, 3.63) is 71.3 Å². The van der Waals surface area contributed by atoms with Crippen LogP contribution in [0.2, 0.25) is 0 Å². The van der Waals surface area contributed by atoms with Crippen molar-refractivity contribution < 1.29 is 9.53 Å². The van der Waals surface area contributed by atoms with Gasteiger partial charge in [-0.25, -0.2) is 0 Å². The summed E-state index contributed by atoms with van der Waals surface area (Å²) in [6, 6.07) is 18.7. The second kappa shape index (κ2) is 10.4. The number of hydrogen-bond donors (Lipinski definition) is 1. The molecular formula is C24H32N2O2. The predicted octanol–water partition coefficient (Wildman–Crippen LogP) is 3.96. The predicted molar refractivity (Wildman–Crippen MR) is 113 cm³/mol. The largest absolute Gasteiger partial charge is 0.379 e. The first kappa shape index (κ1) is 20.6. The molecule has 1 aliphatic heterocycles. The molecule has 0 radical (unpaired) electrons. The average Bonchev–Trinajstić information content (AvgIpc) is 2.75. The molecule has 4 heteroatoms. The van der Waals surface area contributed by atoms with Crippen LogP contribution in [-0.2, 0) is 22.6 Å². The van der Waals surface area contributed by atoms with E-state index in [1.807, 2.05) is 18.2 Å². The maximum absolute atomic E-state index is 12.9. The number of hydrogen-bond acceptors (Lipinski definition) is 3. The van der Waals surface area contributed by atoms with Gasteiger partial charge in [-0.1, -0.05) is 74.9 Å². The Morgan fingerprint density at radius 2 is 1.68 bits per heavy atom. The fourth-order valence-electron chi connectivity index (χ4n) is 3.71. The molecule has 0 spiro atoms. The third-order valence-electron chi connectivity index (χ3n) is 5.65. The second-order valence-electron chi connectivity index (χ2n) is 7.70. The van der Waals surface area contributed by atoms with E-state index in [1.54, 1.807) is 0 Å². The normalized spacial score (nSPS) is 17.1. The van der Waals surface area contributed by atoms with Gasteiger partial charge >= 0.3 is 0 Å². The zero-order valence-electron chi connectivity index (χ0n) is 17.1. The van der Waals surface area contributed by atoms with Crippen LogP contribution in [0.3, 0.4) is 0 Å². The van der Waals surface area contributed by atoms with E-state index in [4.69, 9.17) is 4.74 Å². The molecule has 2 atom stereocenters. The standard InChI is InChI=1S/C24H32N2O2/c1-3-19(2)23(22-7-5-4-6-8-22)24(27)25-17-20-9-11-21(12-10-20)18-26-13-15-28-16-14-26/h4-12,19,23H,3,13-18H2,1-2H3,(H,25,27). The highest BCUT2D eigenvalue weighted by atomic mass is 16.5. The lowest BCUT2D eigenvalue weighted by atomic mass is 9.85. The molecular weight excluding hydrogens is 348 g/mol. The first-order chi connectivity index (χ1) is 13.7. The number of carbonyl (C=O) groups is 1. The van der Waals surface area contributed by atoms with Crippen molar-refractivity contribution >= 4 is 5.91 Å². The highest BCUT2D eigenvalue weighted by Crippen LogP contribution is 2.27. The van der Waals surface area contributed by atoms with Crippen LogP contribution >= 0.6 is 0 Å². The summed E-state index contributed by atoms with van der Waals surface area (Å²) in [6.45, 7) is 9.45. The Morgan fingerprint density at radius 3 is 2.32 bits per heavy atom. The van der Waals surface area contributed by atoms with Gasteiger partial charge in [-0.2, -0.15) is 0 Å². The molecule has 3 rings (SSSR count). The van der Waals surface area contributed by atoms with E-state index in [0.29, 0.717) is 12.5 Å². The molecule has 1 saturated heterocycles. The molecule has 4 nitrogen and oxygen atoms in total. The van der Waals surface area contributed by atoms with Crippen LogP contribution in [0.25, 0.3) is 0 Å². The van der Waals surface area contributed by atoms with E-state index in [9.17, 15) is 4.79 Å². The van der Waals surface area contributed by atoms with E-state index in [-0.39, 0.29) is 11.8 Å². The summed E-state index contributed by atoms with van der Waals surface area (Å²) in [5.41, 5.74) is 3.53. The Morgan fingerprint density at radius 1 is 1.04 bits per heavy atom. The number of carbonyl (C=O) groups excluding carboxylic acids is 1. The van der Waals surface area contributed by atoms with Gasteiger partial charge in [0.1, 0.15) is 0 Å². The first-order valence-electron chi connectivity index (χ1n) is 10.4. The van der Waals surface area contributed by atoms with E-state index < -0.39 is 0 Å². The Bertz CT molecular complexity index is 724. The quantitative estimate of drug-likeness (QED) is 0.754. The lowest BCUT2D eigenvalue weighted by Crippen LogP contribution is -2.35. The van der Waals surface area contributed by atoms with Crippen molar-refractivity contribution in [1.82, 2.24) is 10.2 Å². The van der Waals surface area contributed by atoms with Gasteiger partial charge in [0.2, 0.25) is 5.91 Å². The Labute approximate surface area is 168 Å². The summed E-state index contributed by atoms with van der Waals surface area (Å²) in [4.78, 5) is 15.3. The Kier molecular flexibility index (Phi) is 7.63. The van der Waals surface area contributed by atoms with Crippen molar-refractivity contribution in [3.63, 3.8) is 0 Å². The molecule has 1 heterocycles. The summed E-state index contributed by atoms with van der Waals surface area (Å²) in [5.74, 6) is 0.308. The number of benzene rings is 2. The molecule has 28 heavy (non-hydrogen) atoms. The molecule has 2 aromatic carbocycles. The minimum atomic E-state index is -0.105. The highest BCUT2D eigenvalue weighted by Gasteiger charge is 2.25. The lowest BCUT2D eigenvalue weighted by molar-refractivity contribution is -0.123. The third-order valence-corrected chi connectivity index (χ3v) is 5.65. The minimum Gasteiger partial charge on any atom is -0.379 e. The van der Waals surface area contributed by atoms with Gasteiger partial charge in [0.25, 0.3) is 0 Å². The number of ether oxygens (including phenoxy) is 1. The fourth-order valence-corrected chi connectivity index (χ4v) is 3.71. The zero-order valence-corrected chi connectivity index (χ0v) is 17.1. The van der Waals surface area contributed by atoms with Crippen LogP contribution in [0.1, 0.15) is 42.9 Å². The summed E-state index contributed by atoms with van der Waals surface area (Å²) < 4.78 is 5.41.